The van der Waals surface area contributed by atoms with Gasteiger partial charge in [-0.2, -0.15) is 39.5 Å². The van der Waals surface area contributed by atoms with Crippen LogP contribution in [0.5, 0.6) is 0 Å². The fourth-order valence-electron chi connectivity index (χ4n) is 4.00. The molecule has 42 heavy (non-hydrogen) atoms. The van der Waals surface area contributed by atoms with Crippen molar-refractivity contribution >= 4 is 50.7 Å². The average Bonchev–Trinajstić information content (AvgIpc) is 2.78. The van der Waals surface area contributed by atoms with E-state index in [0.29, 0.717) is 12.1 Å². The molecule has 0 spiro atoms. The number of carbonyl (C=O) groups excluding carboxylic acids is 1. The van der Waals surface area contributed by atoms with Crippen molar-refractivity contribution < 1.29 is 57.1 Å². The van der Waals surface area contributed by atoms with E-state index in [-0.39, 0.29) is 27.8 Å². The van der Waals surface area contributed by atoms with E-state index in [4.69, 9.17) is 23.2 Å². The fourth-order valence-corrected chi connectivity index (χ4v) is 6.26. The molecule has 232 valence electrons. The van der Waals surface area contributed by atoms with Crippen molar-refractivity contribution in [1.82, 2.24) is 0 Å². The molecule has 2 aromatic rings. The van der Waals surface area contributed by atoms with Gasteiger partial charge in [0.15, 0.2) is 15.6 Å². The number of allylic oxidation sites excluding steroid dienone is 1. The smallest absolute Gasteiger partial charge is 0.294 e. The van der Waals surface area contributed by atoms with Gasteiger partial charge in [0.2, 0.25) is 0 Å². The Kier molecular flexibility index (Phi) is 11.0. The zero-order valence-corrected chi connectivity index (χ0v) is 23.5. The summed E-state index contributed by atoms with van der Waals surface area (Å²) in [4.78, 5) is 12.6. The van der Waals surface area contributed by atoms with Crippen molar-refractivity contribution in [3.05, 3.63) is 80.8 Å². The van der Waals surface area contributed by atoms with Gasteiger partial charge in [0.05, 0.1) is 11.3 Å². The Morgan fingerprint density at radius 1 is 0.976 bits per heavy atom. The van der Waals surface area contributed by atoms with Crippen LogP contribution < -0.4 is 0 Å². The number of alkyl halides is 9. The molecule has 2 aromatic carbocycles. The summed E-state index contributed by atoms with van der Waals surface area (Å²) in [5.41, 5.74) is -4.34. The molecular formula is C26H20Cl2F10O3S. The predicted octanol–water partition coefficient (Wildman–Crippen LogP) is 9.50. The lowest BCUT2D eigenvalue weighted by molar-refractivity contribution is -0.140. The highest BCUT2D eigenvalue weighted by atomic mass is 35.5. The van der Waals surface area contributed by atoms with Crippen LogP contribution in [0.3, 0.4) is 0 Å². The second-order valence-corrected chi connectivity index (χ2v) is 12.2. The first-order valence-corrected chi connectivity index (χ1v) is 14.1. The standard InChI is InChI=1S/C26H20Cl2F10O3S/c1-3-16-20(27)8-15(9-21(16)28)18(25(33,34)35)10-22(29)14-4-5-17(19(7-14)26(36,37)38)23(39)6-13(2)11-42(40,41)12-24(30,31)32/h3-5,7-10,13,18H,1,6,11-12H2,2H3/b22-10-/t13-,18?/m0/s1. The number of benzene rings is 2. The van der Waals surface area contributed by atoms with Crippen molar-refractivity contribution in [2.45, 2.75) is 37.8 Å². The lowest BCUT2D eigenvalue weighted by Gasteiger charge is -2.20. The first kappa shape index (κ1) is 35.6. The van der Waals surface area contributed by atoms with Crippen LogP contribution in [0, 0.1) is 5.92 Å². The van der Waals surface area contributed by atoms with E-state index < -0.39 is 92.0 Å². The maximum Gasteiger partial charge on any atom is 0.417 e. The molecule has 2 rings (SSSR count). The minimum atomic E-state index is -5.32. The predicted molar refractivity (Wildman–Crippen MR) is 139 cm³/mol. The third-order valence-corrected chi connectivity index (χ3v) is 8.16. The van der Waals surface area contributed by atoms with E-state index in [1.165, 1.54) is 0 Å². The first-order chi connectivity index (χ1) is 18.9. The van der Waals surface area contributed by atoms with Gasteiger partial charge >= 0.3 is 18.5 Å². The molecule has 3 nitrogen and oxygen atoms in total. The Hall–Kier alpha value is -2.58. The van der Waals surface area contributed by atoms with Crippen molar-refractivity contribution in [2.24, 2.45) is 5.92 Å². The lowest BCUT2D eigenvalue weighted by atomic mass is 9.93. The fraction of sp³-hybridized carbons (Fsp3) is 0.346. The number of carbonyl (C=O) groups is 1. The highest BCUT2D eigenvalue weighted by Gasteiger charge is 2.41. The van der Waals surface area contributed by atoms with Crippen LogP contribution in [0.1, 0.15) is 51.9 Å². The second kappa shape index (κ2) is 13.0. The molecule has 0 aromatic heterocycles. The summed E-state index contributed by atoms with van der Waals surface area (Å²) < 4.78 is 159. The zero-order chi connectivity index (χ0) is 32.4. The molecule has 0 bridgehead atoms. The number of ketones is 1. The molecule has 1 unspecified atom stereocenters. The van der Waals surface area contributed by atoms with Gasteiger partial charge < -0.3 is 0 Å². The second-order valence-electron chi connectivity index (χ2n) is 9.30. The topological polar surface area (TPSA) is 51.2 Å². The molecule has 0 radical (unpaired) electrons. The largest absolute Gasteiger partial charge is 0.417 e. The Labute approximate surface area is 243 Å². The van der Waals surface area contributed by atoms with Crippen LogP contribution in [-0.2, 0) is 16.0 Å². The average molecular weight is 673 g/mol. The van der Waals surface area contributed by atoms with Gasteiger partial charge in [0.1, 0.15) is 17.5 Å². The summed E-state index contributed by atoms with van der Waals surface area (Å²) in [6.45, 7) is 4.44. The van der Waals surface area contributed by atoms with Gasteiger partial charge in [0, 0.05) is 33.2 Å². The van der Waals surface area contributed by atoms with E-state index >= 15 is 4.39 Å². The van der Waals surface area contributed by atoms with Gasteiger partial charge in [0.25, 0.3) is 0 Å². The van der Waals surface area contributed by atoms with E-state index in [1.807, 2.05) is 0 Å². The lowest BCUT2D eigenvalue weighted by Crippen LogP contribution is -2.28. The number of hydrogen-bond donors (Lipinski definition) is 0. The Balaban J connectivity index is 2.48. The molecule has 0 fully saturated rings. The SMILES string of the molecule is C=Cc1c(Cl)cc(C(/C=C(\F)c2ccc(C(=O)C[C@H](C)CS(=O)(=O)CC(F)(F)F)c(C(F)(F)F)c2)C(F)(F)F)cc1Cl. The van der Waals surface area contributed by atoms with Gasteiger partial charge in [-0.3, -0.25) is 4.79 Å². The summed E-state index contributed by atoms with van der Waals surface area (Å²) in [6, 6.07) is 2.86. The van der Waals surface area contributed by atoms with E-state index in [1.54, 1.807) is 0 Å². The number of halogens is 12. The zero-order valence-electron chi connectivity index (χ0n) is 21.2. The molecule has 0 amide bonds. The Morgan fingerprint density at radius 2 is 1.52 bits per heavy atom. The molecular weight excluding hydrogens is 653 g/mol. The van der Waals surface area contributed by atoms with Gasteiger partial charge in [-0.15, -0.1) is 0 Å². The summed E-state index contributed by atoms with van der Waals surface area (Å²) in [7, 11) is -4.75. The minimum Gasteiger partial charge on any atom is -0.294 e. The summed E-state index contributed by atoms with van der Waals surface area (Å²) >= 11 is 11.8. The normalized spacial score (nSPS) is 14.9. The number of hydrogen-bond acceptors (Lipinski definition) is 3. The molecule has 2 atom stereocenters. The monoisotopic (exact) mass is 672 g/mol. The van der Waals surface area contributed by atoms with Crippen LogP contribution in [0.15, 0.2) is 43.0 Å². The Bertz CT molecular complexity index is 1450. The summed E-state index contributed by atoms with van der Waals surface area (Å²) in [6.07, 6.45) is -15.3. The summed E-state index contributed by atoms with van der Waals surface area (Å²) in [5, 5.41) is -0.503. The van der Waals surface area contributed by atoms with Gasteiger partial charge in [-0.1, -0.05) is 54.9 Å². The molecule has 0 saturated heterocycles. The van der Waals surface area contributed by atoms with E-state index in [9.17, 15) is 52.7 Å². The highest BCUT2D eigenvalue weighted by molar-refractivity contribution is 7.91. The van der Waals surface area contributed by atoms with Crippen molar-refractivity contribution in [3.8, 4) is 0 Å². The molecule has 0 N–H and O–H groups in total. The van der Waals surface area contributed by atoms with Crippen molar-refractivity contribution in [1.29, 1.82) is 0 Å². The number of rotatable bonds is 10. The maximum atomic E-state index is 15.0. The molecule has 0 aliphatic heterocycles. The number of Topliss-reactive ketones (excluding diaryl/α,β-unsaturated/α-hetero) is 1. The molecule has 0 heterocycles. The van der Waals surface area contributed by atoms with Crippen LogP contribution in [0.4, 0.5) is 43.9 Å². The van der Waals surface area contributed by atoms with Crippen LogP contribution in [0.25, 0.3) is 11.9 Å². The molecule has 16 heteroatoms. The molecule has 0 saturated carbocycles. The van der Waals surface area contributed by atoms with Gasteiger partial charge in [-0.05, 0) is 35.8 Å². The van der Waals surface area contributed by atoms with Crippen molar-refractivity contribution in [3.63, 3.8) is 0 Å². The van der Waals surface area contributed by atoms with Crippen molar-refractivity contribution in [2.75, 3.05) is 11.5 Å². The van der Waals surface area contributed by atoms with Crippen LogP contribution in [-0.4, -0.2) is 38.1 Å². The maximum absolute atomic E-state index is 15.0. The highest BCUT2D eigenvalue weighted by Crippen LogP contribution is 2.42. The van der Waals surface area contributed by atoms with Gasteiger partial charge in [-0.25, -0.2) is 12.8 Å². The van der Waals surface area contributed by atoms with Crippen LogP contribution >= 0.6 is 23.2 Å². The molecule has 0 aliphatic carbocycles. The third kappa shape index (κ3) is 9.73. The third-order valence-electron chi connectivity index (χ3n) is 5.69. The van der Waals surface area contributed by atoms with E-state index in [0.717, 1.165) is 25.1 Å². The molecule has 0 aliphatic rings. The number of sulfone groups is 1. The summed E-state index contributed by atoms with van der Waals surface area (Å²) in [5.74, 6) is -10.5. The minimum absolute atomic E-state index is 0.000139. The quantitative estimate of drug-likeness (QED) is 0.187. The first-order valence-electron chi connectivity index (χ1n) is 11.5. The van der Waals surface area contributed by atoms with E-state index in [2.05, 4.69) is 6.58 Å². The van der Waals surface area contributed by atoms with Crippen LogP contribution in [0.2, 0.25) is 10.0 Å². The Morgan fingerprint density at radius 3 is 1.98 bits per heavy atom.